The van der Waals surface area contributed by atoms with E-state index in [0.29, 0.717) is 12.2 Å². The molecule has 1 unspecified atom stereocenters. The lowest BCUT2D eigenvalue weighted by Crippen LogP contribution is -2.37. The SMILES string of the molecule is O=C1SCCC1NS(=O)(=O)c1ccccc1Cl. The normalized spacial score (nSPS) is 20.8. The molecule has 0 bridgehead atoms. The Labute approximate surface area is 109 Å². The zero-order valence-corrected chi connectivity index (χ0v) is 11.1. The topological polar surface area (TPSA) is 63.2 Å². The number of hydrogen-bond donors (Lipinski definition) is 1. The molecule has 0 aliphatic carbocycles. The van der Waals surface area contributed by atoms with Gasteiger partial charge in [0.15, 0.2) is 0 Å². The van der Waals surface area contributed by atoms with Gasteiger partial charge in [0.1, 0.15) is 4.90 Å². The minimum atomic E-state index is -3.72. The summed E-state index contributed by atoms with van der Waals surface area (Å²) < 4.78 is 26.4. The van der Waals surface area contributed by atoms with Crippen molar-refractivity contribution in [3.8, 4) is 0 Å². The molecule has 2 rings (SSSR count). The van der Waals surface area contributed by atoms with Crippen LogP contribution in [0.5, 0.6) is 0 Å². The number of thioether (sulfide) groups is 1. The van der Waals surface area contributed by atoms with Gasteiger partial charge in [-0.25, -0.2) is 8.42 Å². The number of halogens is 1. The molecule has 0 spiro atoms. The Bertz CT molecular complexity index is 544. The highest BCUT2D eigenvalue weighted by Gasteiger charge is 2.30. The molecular formula is C10H10ClNO3S2. The van der Waals surface area contributed by atoms with E-state index in [-0.39, 0.29) is 15.0 Å². The lowest BCUT2D eigenvalue weighted by atomic mass is 10.3. The molecule has 0 radical (unpaired) electrons. The van der Waals surface area contributed by atoms with Gasteiger partial charge in [-0.2, -0.15) is 4.72 Å². The molecule has 17 heavy (non-hydrogen) atoms. The van der Waals surface area contributed by atoms with Gasteiger partial charge in [-0.05, 0) is 18.6 Å². The van der Waals surface area contributed by atoms with Crippen molar-refractivity contribution >= 4 is 38.5 Å². The van der Waals surface area contributed by atoms with E-state index >= 15 is 0 Å². The van der Waals surface area contributed by atoms with Gasteiger partial charge < -0.3 is 0 Å². The molecule has 4 nitrogen and oxygen atoms in total. The minimum Gasteiger partial charge on any atom is -0.285 e. The van der Waals surface area contributed by atoms with Crippen molar-refractivity contribution in [3.63, 3.8) is 0 Å². The summed E-state index contributed by atoms with van der Waals surface area (Å²) in [4.78, 5) is 11.4. The average Bonchev–Trinajstić information content (AvgIpc) is 2.64. The Morgan fingerprint density at radius 3 is 2.65 bits per heavy atom. The van der Waals surface area contributed by atoms with Gasteiger partial charge >= 0.3 is 0 Å². The highest BCUT2D eigenvalue weighted by molar-refractivity contribution is 8.14. The standard InChI is InChI=1S/C10H10ClNO3S2/c11-7-3-1-2-4-9(7)17(14,15)12-8-5-6-16-10(8)13/h1-4,8,12H,5-6H2. The number of rotatable bonds is 3. The maximum atomic E-state index is 12.0. The fourth-order valence-electron chi connectivity index (χ4n) is 1.52. The number of benzene rings is 1. The van der Waals surface area contributed by atoms with Gasteiger partial charge in [0.05, 0.1) is 11.1 Å². The van der Waals surface area contributed by atoms with Gasteiger partial charge in [-0.3, -0.25) is 4.79 Å². The number of hydrogen-bond acceptors (Lipinski definition) is 4. The number of sulfonamides is 1. The predicted molar refractivity (Wildman–Crippen MR) is 67.6 cm³/mol. The lowest BCUT2D eigenvalue weighted by molar-refractivity contribution is -0.111. The van der Waals surface area contributed by atoms with Gasteiger partial charge in [0.25, 0.3) is 0 Å². The highest BCUT2D eigenvalue weighted by atomic mass is 35.5. The van der Waals surface area contributed by atoms with Gasteiger partial charge in [0, 0.05) is 5.75 Å². The Kier molecular flexibility index (Phi) is 3.77. The smallest absolute Gasteiger partial charge is 0.242 e. The first-order valence-corrected chi connectivity index (χ1v) is 7.79. The number of carbonyl (C=O) groups excluding carboxylic acids is 1. The number of carbonyl (C=O) groups is 1. The Balaban J connectivity index is 2.25. The van der Waals surface area contributed by atoms with Crippen LogP contribution in [0.15, 0.2) is 29.2 Å². The third-order valence-corrected chi connectivity index (χ3v) is 5.34. The molecule has 1 aromatic rings. The van der Waals surface area contributed by atoms with E-state index in [1.165, 1.54) is 12.1 Å². The molecule has 1 N–H and O–H groups in total. The van der Waals surface area contributed by atoms with Gasteiger partial charge in [-0.1, -0.05) is 35.5 Å². The molecule has 1 saturated heterocycles. The molecule has 1 heterocycles. The summed E-state index contributed by atoms with van der Waals surface area (Å²) in [5.74, 6) is 0.647. The molecule has 0 aromatic heterocycles. The van der Waals surface area contributed by atoms with Crippen LogP contribution >= 0.6 is 23.4 Å². The molecule has 1 fully saturated rings. The largest absolute Gasteiger partial charge is 0.285 e. The van der Waals surface area contributed by atoms with Crippen LogP contribution in [0, 0.1) is 0 Å². The number of nitrogens with one attached hydrogen (secondary N) is 1. The van der Waals surface area contributed by atoms with Gasteiger partial charge in [-0.15, -0.1) is 0 Å². The van der Waals surface area contributed by atoms with Crippen molar-refractivity contribution in [2.45, 2.75) is 17.4 Å². The predicted octanol–water partition coefficient (Wildman–Crippen LogP) is 1.65. The maximum Gasteiger partial charge on any atom is 0.242 e. The summed E-state index contributed by atoms with van der Waals surface area (Å²) in [6, 6.07) is 5.52. The molecule has 1 aliphatic rings. The minimum absolute atomic E-state index is 0.00590. The fraction of sp³-hybridized carbons (Fsp3) is 0.300. The van der Waals surface area contributed by atoms with Crippen LogP contribution in [0.25, 0.3) is 0 Å². The van der Waals surface area contributed by atoms with Crippen molar-refractivity contribution in [2.24, 2.45) is 0 Å². The van der Waals surface area contributed by atoms with Crippen molar-refractivity contribution in [1.29, 1.82) is 0 Å². The Morgan fingerprint density at radius 2 is 2.06 bits per heavy atom. The monoisotopic (exact) mass is 291 g/mol. The second-order valence-electron chi connectivity index (χ2n) is 3.56. The van der Waals surface area contributed by atoms with E-state index in [4.69, 9.17) is 11.6 Å². The summed E-state index contributed by atoms with van der Waals surface area (Å²) in [6.07, 6.45) is 0.521. The summed E-state index contributed by atoms with van der Waals surface area (Å²) in [7, 11) is -3.72. The first-order chi connectivity index (χ1) is 8.00. The lowest BCUT2D eigenvalue weighted by Gasteiger charge is -2.11. The van der Waals surface area contributed by atoms with E-state index < -0.39 is 16.1 Å². The first kappa shape index (κ1) is 12.9. The van der Waals surface area contributed by atoms with Crippen LogP contribution in [0.1, 0.15) is 6.42 Å². The Morgan fingerprint density at radius 1 is 1.35 bits per heavy atom. The quantitative estimate of drug-likeness (QED) is 0.920. The van der Waals surface area contributed by atoms with Gasteiger partial charge in [0.2, 0.25) is 15.1 Å². The second-order valence-corrected chi connectivity index (χ2v) is 6.75. The van der Waals surface area contributed by atoms with Crippen LogP contribution in [0.3, 0.4) is 0 Å². The van der Waals surface area contributed by atoms with Crippen molar-refractivity contribution < 1.29 is 13.2 Å². The molecule has 1 aromatic carbocycles. The third-order valence-electron chi connectivity index (χ3n) is 2.36. The average molecular weight is 292 g/mol. The zero-order chi connectivity index (χ0) is 12.5. The second kappa shape index (κ2) is 4.97. The molecule has 1 aliphatic heterocycles. The summed E-state index contributed by atoms with van der Waals surface area (Å²) in [5.41, 5.74) is 0. The molecular weight excluding hydrogens is 282 g/mol. The third kappa shape index (κ3) is 2.82. The molecule has 0 saturated carbocycles. The molecule has 1 atom stereocenters. The van der Waals surface area contributed by atoms with Crippen LogP contribution < -0.4 is 4.72 Å². The van der Waals surface area contributed by atoms with Crippen LogP contribution in [0.4, 0.5) is 0 Å². The van der Waals surface area contributed by atoms with E-state index in [9.17, 15) is 13.2 Å². The highest BCUT2D eigenvalue weighted by Crippen LogP contribution is 2.24. The summed E-state index contributed by atoms with van der Waals surface area (Å²) in [6.45, 7) is 0. The summed E-state index contributed by atoms with van der Waals surface area (Å²) in [5, 5.41) is 0.0127. The van der Waals surface area contributed by atoms with Crippen molar-refractivity contribution in [3.05, 3.63) is 29.3 Å². The van der Waals surface area contributed by atoms with Crippen molar-refractivity contribution in [2.75, 3.05) is 5.75 Å². The van der Waals surface area contributed by atoms with E-state index in [0.717, 1.165) is 11.8 Å². The first-order valence-electron chi connectivity index (χ1n) is 4.94. The van der Waals surface area contributed by atoms with Crippen LogP contribution in [0.2, 0.25) is 5.02 Å². The summed E-state index contributed by atoms with van der Waals surface area (Å²) >= 11 is 6.97. The van der Waals surface area contributed by atoms with Crippen molar-refractivity contribution in [1.82, 2.24) is 4.72 Å². The maximum absolute atomic E-state index is 12.0. The zero-order valence-electron chi connectivity index (χ0n) is 8.72. The van der Waals surface area contributed by atoms with E-state index in [2.05, 4.69) is 4.72 Å². The van der Waals surface area contributed by atoms with Crippen LogP contribution in [-0.2, 0) is 14.8 Å². The Hall–Kier alpha value is -0.560. The van der Waals surface area contributed by atoms with Crippen LogP contribution in [-0.4, -0.2) is 25.3 Å². The molecule has 92 valence electrons. The van der Waals surface area contributed by atoms with E-state index in [1.807, 2.05) is 0 Å². The van der Waals surface area contributed by atoms with E-state index in [1.54, 1.807) is 12.1 Å². The fourth-order valence-corrected chi connectivity index (χ4v) is 4.27. The molecule has 7 heteroatoms. The molecule has 0 amide bonds.